The summed E-state index contributed by atoms with van der Waals surface area (Å²) in [5.41, 5.74) is -0.0360. The van der Waals surface area contributed by atoms with Crippen LogP contribution in [0.4, 0.5) is 11.5 Å². The maximum Gasteiger partial charge on any atom is 0.312 e. The first-order valence-corrected chi connectivity index (χ1v) is 6.06. The molecule has 100 valence electrons. The van der Waals surface area contributed by atoms with Crippen molar-refractivity contribution in [2.75, 3.05) is 11.9 Å². The summed E-state index contributed by atoms with van der Waals surface area (Å²) < 4.78 is 0. The number of rotatable bonds is 4. The number of nitriles is 1. The molecule has 2 rings (SSSR count). The summed E-state index contributed by atoms with van der Waals surface area (Å²) in [7, 11) is 0. The third-order valence-electron chi connectivity index (χ3n) is 3.27. The van der Waals surface area contributed by atoms with E-state index in [-0.39, 0.29) is 23.2 Å². The normalized spacial score (nSPS) is 21.9. The highest BCUT2D eigenvalue weighted by atomic mass is 16.6. The fourth-order valence-corrected chi connectivity index (χ4v) is 2.26. The molecule has 1 fully saturated rings. The second-order valence-electron chi connectivity index (χ2n) is 4.67. The lowest BCUT2D eigenvalue weighted by Gasteiger charge is -2.11. The van der Waals surface area contributed by atoms with Gasteiger partial charge in [0, 0.05) is 18.8 Å². The van der Waals surface area contributed by atoms with Crippen molar-refractivity contribution in [3.63, 3.8) is 0 Å². The molecule has 0 aromatic carbocycles. The Bertz CT molecular complexity index is 526. The van der Waals surface area contributed by atoms with E-state index in [1.807, 2.05) is 6.07 Å². The second-order valence-corrected chi connectivity index (χ2v) is 4.67. The molecule has 0 bridgehead atoms. The van der Waals surface area contributed by atoms with Gasteiger partial charge in [0.1, 0.15) is 6.07 Å². The number of aromatic nitrogens is 1. The van der Waals surface area contributed by atoms with E-state index in [1.54, 1.807) is 0 Å². The Morgan fingerprint density at radius 2 is 2.42 bits per heavy atom. The molecule has 1 aliphatic rings. The Morgan fingerprint density at radius 1 is 1.63 bits per heavy atom. The first kappa shape index (κ1) is 13.2. The first-order chi connectivity index (χ1) is 9.10. The molecule has 2 N–H and O–H groups in total. The number of hydrogen-bond acceptors (Lipinski definition) is 6. The molecule has 1 aliphatic carbocycles. The van der Waals surface area contributed by atoms with Gasteiger partial charge in [-0.25, -0.2) is 4.98 Å². The topological polar surface area (TPSA) is 112 Å². The molecule has 19 heavy (non-hydrogen) atoms. The van der Waals surface area contributed by atoms with Crippen LogP contribution in [0.3, 0.4) is 0 Å². The Labute approximate surface area is 110 Å². The summed E-state index contributed by atoms with van der Waals surface area (Å²) in [5.74, 6) is 0.470. The van der Waals surface area contributed by atoms with Gasteiger partial charge in [0.15, 0.2) is 0 Å². The molecule has 1 aromatic heterocycles. The Balaban J connectivity index is 2.07. The smallest absolute Gasteiger partial charge is 0.312 e. The molecular weight excluding hydrogens is 248 g/mol. The summed E-state index contributed by atoms with van der Waals surface area (Å²) in [5, 5.41) is 32.0. The van der Waals surface area contributed by atoms with Crippen molar-refractivity contribution in [1.29, 1.82) is 5.26 Å². The summed E-state index contributed by atoms with van der Waals surface area (Å²) in [6, 6.07) is 3.03. The SMILES string of the molecule is N#Cc1cnc(NCC2CCC(O)C2)c([N+](=O)[O-])c1. The van der Waals surface area contributed by atoms with Crippen molar-refractivity contribution in [3.05, 3.63) is 27.9 Å². The van der Waals surface area contributed by atoms with Crippen LogP contribution in [-0.2, 0) is 0 Å². The molecule has 1 aromatic rings. The predicted octanol–water partition coefficient (Wildman–Crippen LogP) is 1.43. The lowest BCUT2D eigenvalue weighted by Crippen LogP contribution is -2.14. The monoisotopic (exact) mass is 262 g/mol. The molecule has 0 radical (unpaired) electrons. The van der Waals surface area contributed by atoms with Crippen LogP contribution in [0.15, 0.2) is 12.3 Å². The lowest BCUT2D eigenvalue weighted by atomic mass is 10.1. The van der Waals surface area contributed by atoms with Crippen molar-refractivity contribution in [2.45, 2.75) is 25.4 Å². The number of anilines is 1. The zero-order valence-corrected chi connectivity index (χ0v) is 10.2. The number of nitro groups is 1. The van der Waals surface area contributed by atoms with Gasteiger partial charge in [-0.05, 0) is 25.2 Å². The van der Waals surface area contributed by atoms with Gasteiger partial charge >= 0.3 is 5.69 Å². The van der Waals surface area contributed by atoms with Crippen molar-refractivity contribution < 1.29 is 10.0 Å². The molecule has 0 amide bonds. The van der Waals surface area contributed by atoms with E-state index < -0.39 is 4.92 Å². The molecule has 2 unspecified atom stereocenters. The van der Waals surface area contributed by atoms with Gasteiger partial charge in [0.25, 0.3) is 0 Å². The lowest BCUT2D eigenvalue weighted by molar-refractivity contribution is -0.384. The van der Waals surface area contributed by atoms with Gasteiger partial charge in [-0.2, -0.15) is 5.26 Å². The van der Waals surface area contributed by atoms with Crippen LogP contribution < -0.4 is 5.32 Å². The number of aliphatic hydroxyl groups excluding tert-OH is 1. The maximum atomic E-state index is 10.9. The highest BCUT2D eigenvalue weighted by molar-refractivity contribution is 5.58. The summed E-state index contributed by atoms with van der Waals surface area (Å²) >= 11 is 0. The van der Waals surface area contributed by atoms with Crippen molar-refractivity contribution in [3.8, 4) is 6.07 Å². The van der Waals surface area contributed by atoms with E-state index in [2.05, 4.69) is 10.3 Å². The number of hydrogen-bond donors (Lipinski definition) is 2. The predicted molar refractivity (Wildman–Crippen MR) is 67.4 cm³/mol. The van der Waals surface area contributed by atoms with Gasteiger partial charge in [0.2, 0.25) is 5.82 Å². The molecule has 1 heterocycles. The molecule has 1 saturated carbocycles. The van der Waals surface area contributed by atoms with Gasteiger partial charge in [-0.15, -0.1) is 0 Å². The molecule has 0 saturated heterocycles. The van der Waals surface area contributed by atoms with Crippen LogP contribution in [0.5, 0.6) is 0 Å². The van der Waals surface area contributed by atoms with E-state index in [1.165, 1.54) is 12.3 Å². The summed E-state index contributed by atoms with van der Waals surface area (Å²) in [6.07, 6.45) is 3.42. The molecule has 0 aliphatic heterocycles. The van der Waals surface area contributed by atoms with E-state index >= 15 is 0 Å². The Hall–Kier alpha value is -2.20. The zero-order valence-electron chi connectivity index (χ0n) is 10.2. The van der Waals surface area contributed by atoms with Crippen LogP contribution in [0.1, 0.15) is 24.8 Å². The highest BCUT2D eigenvalue weighted by Crippen LogP contribution is 2.27. The number of pyridine rings is 1. The van der Waals surface area contributed by atoms with E-state index in [0.29, 0.717) is 18.9 Å². The number of aliphatic hydroxyl groups is 1. The first-order valence-electron chi connectivity index (χ1n) is 6.06. The van der Waals surface area contributed by atoms with Gasteiger partial charge in [0.05, 0.1) is 16.6 Å². The number of nitrogens with zero attached hydrogens (tertiary/aromatic N) is 3. The molecule has 7 nitrogen and oxygen atoms in total. The van der Waals surface area contributed by atoms with E-state index in [0.717, 1.165) is 12.8 Å². The molecule has 7 heteroatoms. The van der Waals surface area contributed by atoms with Gasteiger partial charge in [-0.1, -0.05) is 0 Å². The average molecular weight is 262 g/mol. The van der Waals surface area contributed by atoms with Crippen LogP contribution in [0.2, 0.25) is 0 Å². The average Bonchev–Trinajstić information content (AvgIpc) is 2.82. The molecule has 0 spiro atoms. The third-order valence-corrected chi connectivity index (χ3v) is 3.27. The fourth-order valence-electron chi connectivity index (χ4n) is 2.26. The van der Waals surface area contributed by atoms with Crippen LogP contribution in [0.25, 0.3) is 0 Å². The van der Waals surface area contributed by atoms with Crippen LogP contribution in [0, 0.1) is 27.4 Å². The highest BCUT2D eigenvalue weighted by Gasteiger charge is 2.24. The Kier molecular flexibility index (Phi) is 3.92. The third kappa shape index (κ3) is 3.17. The minimum atomic E-state index is -0.556. The quantitative estimate of drug-likeness (QED) is 0.627. The summed E-state index contributed by atoms with van der Waals surface area (Å²) in [6.45, 7) is 0.538. The van der Waals surface area contributed by atoms with Crippen molar-refractivity contribution in [2.24, 2.45) is 5.92 Å². The maximum absolute atomic E-state index is 10.9. The summed E-state index contributed by atoms with van der Waals surface area (Å²) in [4.78, 5) is 14.3. The number of nitrogens with one attached hydrogen (secondary N) is 1. The van der Waals surface area contributed by atoms with Gasteiger partial charge < -0.3 is 10.4 Å². The van der Waals surface area contributed by atoms with Crippen LogP contribution in [-0.4, -0.2) is 27.7 Å². The zero-order chi connectivity index (χ0) is 13.8. The second kappa shape index (κ2) is 5.63. The van der Waals surface area contributed by atoms with E-state index in [9.17, 15) is 15.2 Å². The minimum absolute atomic E-state index is 0.161. The van der Waals surface area contributed by atoms with Crippen molar-refractivity contribution in [1.82, 2.24) is 4.98 Å². The fraction of sp³-hybridized carbons (Fsp3) is 0.500. The largest absolute Gasteiger partial charge is 0.393 e. The molecule has 2 atom stereocenters. The van der Waals surface area contributed by atoms with E-state index in [4.69, 9.17) is 5.26 Å². The molecular formula is C12H14N4O3. The standard InChI is InChI=1S/C12H14N4O3/c13-5-9-4-11(16(18)19)12(15-7-9)14-6-8-1-2-10(17)3-8/h4,7-8,10,17H,1-3,6H2,(H,14,15). The Morgan fingerprint density at radius 3 is 3.00 bits per heavy atom. The minimum Gasteiger partial charge on any atom is -0.393 e. The van der Waals surface area contributed by atoms with Gasteiger partial charge in [-0.3, -0.25) is 10.1 Å². The van der Waals surface area contributed by atoms with Crippen molar-refractivity contribution >= 4 is 11.5 Å². The van der Waals surface area contributed by atoms with Crippen LogP contribution >= 0.6 is 0 Å².